The quantitative estimate of drug-likeness (QED) is 0.887. The maximum atomic E-state index is 12.3. The summed E-state index contributed by atoms with van der Waals surface area (Å²) in [5.74, 6) is 1.27. The summed E-state index contributed by atoms with van der Waals surface area (Å²) in [5, 5.41) is 10.3. The topological polar surface area (TPSA) is 71.3 Å². The molecule has 1 fully saturated rings. The van der Waals surface area contributed by atoms with E-state index in [4.69, 9.17) is 0 Å². The maximum absolute atomic E-state index is 12.3. The molecule has 2 heterocycles. The number of amides is 1. The Kier molecular flexibility index (Phi) is 3.08. The molecule has 3 rings (SSSR count). The molecule has 2 N–H and O–H groups in total. The zero-order valence-corrected chi connectivity index (χ0v) is 12.0. The highest BCUT2D eigenvalue weighted by Gasteiger charge is 2.29. The number of carbonyl (C=O) groups is 1. The minimum atomic E-state index is -0.0976. The lowest BCUT2D eigenvalue weighted by Gasteiger charge is -2.12. The molecule has 0 aromatic carbocycles. The van der Waals surface area contributed by atoms with E-state index < -0.39 is 0 Å². The van der Waals surface area contributed by atoms with Gasteiger partial charge in [-0.3, -0.25) is 4.79 Å². The molecule has 0 saturated heterocycles. The van der Waals surface area contributed by atoms with E-state index in [1.54, 1.807) is 10.7 Å². The van der Waals surface area contributed by atoms with E-state index in [1.807, 2.05) is 20.0 Å². The van der Waals surface area contributed by atoms with Crippen LogP contribution in [0, 0.1) is 12.8 Å². The molecule has 0 bridgehead atoms. The lowest BCUT2D eigenvalue weighted by atomic mass is 10.2. The first kappa shape index (κ1) is 12.9. The average Bonchev–Trinajstić information content (AvgIpc) is 3.18. The molecule has 1 aliphatic rings. The summed E-state index contributed by atoms with van der Waals surface area (Å²) in [6.07, 6.45) is 4.00. The first-order valence-electron chi connectivity index (χ1n) is 6.94. The van der Waals surface area contributed by atoms with Gasteiger partial charge in [0.15, 0.2) is 5.65 Å². The maximum Gasteiger partial charge on any atom is 0.256 e. The third-order valence-corrected chi connectivity index (χ3v) is 3.84. The number of aromatic nitrogens is 3. The van der Waals surface area contributed by atoms with Crippen LogP contribution in [-0.2, 0) is 0 Å². The highest BCUT2D eigenvalue weighted by molar-refractivity contribution is 6.00. The molecular formula is C14H19N5O. The van der Waals surface area contributed by atoms with Crippen LogP contribution in [0.4, 0.5) is 5.82 Å². The smallest absolute Gasteiger partial charge is 0.256 e. The fourth-order valence-electron chi connectivity index (χ4n) is 2.40. The molecule has 20 heavy (non-hydrogen) atoms. The summed E-state index contributed by atoms with van der Waals surface area (Å²) in [7, 11) is 1.81. The van der Waals surface area contributed by atoms with Gasteiger partial charge in [-0.25, -0.2) is 9.50 Å². The van der Waals surface area contributed by atoms with Gasteiger partial charge in [-0.2, -0.15) is 5.10 Å². The van der Waals surface area contributed by atoms with E-state index >= 15 is 0 Å². The summed E-state index contributed by atoms with van der Waals surface area (Å²) in [6.45, 7) is 4.00. The van der Waals surface area contributed by atoms with Crippen LogP contribution in [0.3, 0.4) is 0 Å². The number of nitrogens with one attached hydrogen (secondary N) is 2. The molecular weight excluding hydrogens is 254 g/mol. The van der Waals surface area contributed by atoms with Crippen molar-refractivity contribution in [2.75, 3.05) is 12.4 Å². The van der Waals surface area contributed by atoms with Gasteiger partial charge in [0, 0.05) is 24.8 Å². The third kappa shape index (κ3) is 2.21. The van der Waals surface area contributed by atoms with Crippen LogP contribution in [0.25, 0.3) is 5.65 Å². The predicted molar refractivity (Wildman–Crippen MR) is 76.9 cm³/mol. The molecule has 2 aromatic heterocycles. The Bertz CT molecular complexity index is 659. The zero-order valence-electron chi connectivity index (χ0n) is 12.0. The van der Waals surface area contributed by atoms with Crippen molar-refractivity contribution in [3.8, 4) is 0 Å². The monoisotopic (exact) mass is 273 g/mol. The van der Waals surface area contributed by atoms with Crippen LogP contribution in [0.1, 0.15) is 35.8 Å². The summed E-state index contributed by atoms with van der Waals surface area (Å²) >= 11 is 0. The van der Waals surface area contributed by atoms with Crippen LogP contribution in [0.15, 0.2) is 12.3 Å². The number of carbonyl (C=O) groups excluding carboxylic acids is 1. The van der Waals surface area contributed by atoms with Crippen LogP contribution < -0.4 is 10.6 Å². The number of nitrogens with zero attached hydrogens (tertiary/aromatic N) is 3. The first-order chi connectivity index (χ1) is 9.60. The normalized spacial score (nSPS) is 16.1. The molecule has 6 nitrogen and oxygen atoms in total. The highest BCUT2D eigenvalue weighted by atomic mass is 16.1. The Balaban J connectivity index is 1.94. The summed E-state index contributed by atoms with van der Waals surface area (Å²) < 4.78 is 1.69. The Morgan fingerprint density at radius 3 is 2.90 bits per heavy atom. The van der Waals surface area contributed by atoms with Crippen molar-refractivity contribution in [2.24, 2.45) is 5.92 Å². The van der Waals surface area contributed by atoms with E-state index in [0.29, 0.717) is 17.1 Å². The number of fused-ring (bicyclic) bond motifs is 1. The lowest BCUT2D eigenvalue weighted by Crippen LogP contribution is -2.34. The fourth-order valence-corrected chi connectivity index (χ4v) is 2.40. The lowest BCUT2D eigenvalue weighted by molar-refractivity contribution is 0.0937. The van der Waals surface area contributed by atoms with E-state index in [2.05, 4.69) is 27.6 Å². The summed E-state index contributed by atoms with van der Waals surface area (Å²) in [5.41, 5.74) is 2.06. The second kappa shape index (κ2) is 4.77. The fraction of sp³-hybridized carbons (Fsp3) is 0.500. The Labute approximate surface area is 117 Å². The van der Waals surface area contributed by atoms with Gasteiger partial charge in [0.25, 0.3) is 5.91 Å². The van der Waals surface area contributed by atoms with Gasteiger partial charge in [-0.1, -0.05) is 0 Å². The summed E-state index contributed by atoms with van der Waals surface area (Å²) in [6, 6.07) is 2.11. The molecule has 1 amide bonds. The van der Waals surface area contributed by atoms with Gasteiger partial charge in [0.1, 0.15) is 11.4 Å². The highest BCUT2D eigenvalue weighted by Crippen LogP contribution is 2.32. The summed E-state index contributed by atoms with van der Waals surface area (Å²) in [4.78, 5) is 16.8. The molecule has 6 heteroatoms. The standard InChI is InChI=1S/C14H19N5O/c1-8-6-12(15-3)18-13-11(7-16-19(8)13)14(20)17-9(2)10-4-5-10/h6-7,9-10H,4-5H2,1-3H3,(H,15,18)(H,17,20). The minimum Gasteiger partial charge on any atom is -0.373 e. The number of aryl methyl sites for hydroxylation is 1. The van der Waals surface area contributed by atoms with Crippen molar-refractivity contribution in [3.63, 3.8) is 0 Å². The van der Waals surface area contributed by atoms with Crippen molar-refractivity contribution in [3.05, 3.63) is 23.5 Å². The largest absolute Gasteiger partial charge is 0.373 e. The second-order valence-electron chi connectivity index (χ2n) is 5.43. The molecule has 1 aliphatic carbocycles. The van der Waals surface area contributed by atoms with Gasteiger partial charge in [-0.15, -0.1) is 0 Å². The van der Waals surface area contributed by atoms with E-state index in [1.165, 1.54) is 12.8 Å². The molecule has 0 radical (unpaired) electrons. The Morgan fingerprint density at radius 2 is 2.25 bits per heavy atom. The third-order valence-electron chi connectivity index (χ3n) is 3.84. The Morgan fingerprint density at radius 1 is 1.50 bits per heavy atom. The second-order valence-corrected chi connectivity index (χ2v) is 5.43. The number of hydrogen-bond acceptors (Lipinski definition) is 4. The molecule has 1 unspecified atom stereocenters. The molecule has 106 valence electrons. The van der Waals surface area contributed by atoms with Crippen molar-refractivity contribution in [2.45, 2.75) is 32.7 Å². The van der Waals surface area contributed by atoms with Crippen LogP contribution >= 0.6 is 0 Å². The van der Waals surface area contributed by atoms with Gasteiger partial charge in [-0.05, 0) is 32.6 Å². The molecule has 0 aliphatic heterocycles. The van der Waals surface area contributed by atoms with Gasteiger partial charge >= 0.3 is 0 Å². The van der Waals surface area contributed by atoms with E-state index in [9.17, 15) is 4.79 Å². The SMILES string of the molecule is CNc1cc(C)n2ncc(C(=O)NC(C)C3CC3)c2n1. The minimum absolute atomic E-state index is 0.0976. The number of rotatable bonds is 4. The van der Waals surface area contributed by atoms with Crippen molar-refractivity contribution in [1.82, 2.24) is 19.9 Å². The molecule has 1 atom stereocenters. The molecule has 1 saturated carbocycles. The molecule has 2 aromatic rings. The van der Waals surface area contributed by atoms with E-state index in [0.717, 1.165) is 11.5 Å². The van der Waals surface area contributed by atoms with Gasteiger partial charge < -0.3 is 10.6 Å². The first-order valence-corrected chi connectivity index (χ1v) is 6.94. The molecule has 0 spiro atoms. The van der Waals surface area contributed by atoms with Crippen LogP contribution in [-0.4, -0.2) is 33.6 Å². The van der Waals surface area contributed by atoms with Crippen LogP contribution in [0.2, 0.25) is 0 Å². The van der Waals surface area contributed by atoms with Gasteiger partial charge in [0.05, 0.1) is 6.20 Å². The van der Waals surface area contributed by atoms with E-state index in [-0.39, 0.29) is 11.9 Å². The van der Waals surface area contributed by atoms with Crippen molar-refractivity contribution >= 4 is 17.4 Å². The number of anilines is 1. The predicted octanol–water partition coefficient (Wildman–Crippen LogP) is 1.61. The zero-order chi connectivity index (χ0) is 14.3. The van der Waals surface area contributed by atoms with Crippen molar-refractivity contribution in [1.29, 1.82) is 0 Å². The average molecular weight is 273 g/mol. The van der Waals surface area contributed by atoms with Gasteiger partial charge in [0.2, 0.25) is 0 Å². The Hall–Kier alpha value is -2.11. The van der Waals surface area contributed by atoms with Crippen molar-refractivity contribution < 1.29 is 4.79 Å². The number of hydrogen-bond donors (Lipinski definition) is 2. The van der Waals surface area contributed by atoms with Crippen LogP contribution in [0.5, 0.6) is 0 Å².